The van der Waals surface area contributed by atoms with E-state index in [0.29, 0.717) is 0 Å². The number of hydrogen-bond acceptors (Lipinski definition) is 0. The second-order valence-corrected chi connectivity index (χ2v) is 3.60. The average Bonchev–Trinajstić information content (AvgIpc) is 1.89. The van der Waals surface area contributed by atoms with Gasteiger partial charge in [-0.25, -0.2) is 0 Å². The zero-order chi connectivity index (χ0) is 8.57. The molecule has 0 radical (unpaired) electrons. The number of hydrogen-bond donors (Lipinski definition) is 0. The van der Waals surface area contributed by atoms with Crippen LogP contribution in [0.5, 0.6) is 0 Å². The van der Waals surface area contributed by atoms with Crippen molar-refractivity contribution in [2.45, 2.75) is 37.9 Å². The molecule has 0 aliphatic carbocycles. The fourth-order valence-corrected chi connectivity index (χ4v) is 0. The summed E-state index contributed by atoms with van der Waals surface area (Å²) in [5.41, 5.74) is 0. The zero-order valence-corrected chi connectivity index (χ0v) is 9.07. The molecule has 0 atom stereocenters. The zero-order valence-electron chi connectivity index (χ0n) is 9.07. The Morgan fingerprint density at radius 2 is 0.909 bits per heavy atom. The van der Waals surface area contributed by atoms with Crippen LogP contribution in [0.2, 0.25) is 10.2 Å². The van der Waals surface area contributed by atoms with E-state index in [1.807, 2.05) is 0 Å². The van der Waals surface area contributed by atoms with E-state index in [2.05, 4.69) is 63.1 Å². The fourth-order valence-electron chi connectivity index (χ4n) is 0. The summed E-state index contributed by atoms with van der Waals surface area (Å²) < 4.78 is 0. The molecule has 0 rings (SSSR count). The summed E-state index contributed by atoms with van der Waals surface area (Å²) in [6.07, 6.45) is 0. The molecule has 0 spiro atoms. The Morgan fingerprint density at radius 1 is 0.818 bits per heavy atom. The van der Waals surface area contributed by atoms with Crippen LogP contribution >= 0.6 is 0 Å². The molecule has 0 amide bonds. The van der Waals surface area contributed by atoms with Gasteiger partial charge in [0.15, 0.2) is 0 Å². The topological polar surface area (TPSA) is 31.5 Å². The fraction of sp³-hybridized carbons (Fsp3) is 1.00. The van der Waals surface area contributed by atoms with E-state index < -0.39 is 0 Å². The molecule has 0 aromatic heterocycles. The standard InChI is InChI=1S/2C4H9.2Li.H2O/c2*1-4(2)3;;;/h2*4H,1H2,2-3H3;;;1H2. The molecule has 0 aromatic carbocycles. The van der Waals surface area contributed by atoms with Crippen molar-refractivity contribution in [2.75, 3.05) is 0 Å². The molecule has 0 aliphatic heterocycles. The van der Waals surface area contributed by atoms with Crippen molar-refractivity contribution in [1.29, 1.82) is 0 Å². The van der Waals surface area contributed by atoms with Gasteiger partial charge in [0.25, 0.3) is 0 Å². The van der Waals surface area contributed by atoms with Crippen LogP contribution in [-0.2, 0) is 0 Å². The van der Waals surface area contributed by atoms with Gasteiger partial charge in [-0.2, -0.15) is 0 Å². The van der Waals surface area contributed by atoms with Crippen LogP contribution in [-0.4, -0.2) is 40.9 Å². The van der Waals surface area contributed by atoms with Crippen LogP contribution in [0, 0.1) is 11.8 Å². The molecule has 2 N–H and O–H groups in total. The Kier molecular flexibility index (Phi) is 22.5. The second-order valence-electron chi connectivity index (χ2n) is 3.60. The molecule has 0 aromatic rings. The van der Waals surface area contributed by atoms with Crippen molar-refractivity contribution in [1.82, 2.24) is 0 Å². The van der Waals surface area contributed by atoms with Gasteiger partial charge in [0.2, 0.25) is 0 Å². The van der Waals surface area contributed by atoms with Gasteiger partial charge in [-0.05, 0) is 0 Å². The Morgan fingerprint density at radius 3 is 0.909 bits per heavy atom. The summed E-state index contributed by atoms with van der Waals surface area (Å²) in [4.78, 5) is 0. The van der Waals surface area contributed by atoms with E-state index in [1.54, 1.807) is 0 Å². The summed E-state index contributed by atoms with van der Waals surface area (Å²) in [5.74, 6) is 1.77. The summed E-state index contributed by atoms with van der Waals surface area (Å²) >= 11 is 4.40. The van der Waals surface area contributed by atoms with Crippen LogP contribution in [0.3, 0.4) is 0 Å². The maximum atomic E-state index is 2.22. The van der Waals surface area contributed by atoms with Crippen LogP contribution in [0.4, 0.5) is 0 Å². The monoisotopic (exact) mass is 146 g/mol. The first-order valence-corrected chi connectivity index (χ1v) is 4.54. The minimum absolute atomic E-state index is 0. The second kappa shape index (κ2) is 13.7. The van der Waals surface area contributed by atoms with Gasteiger partial charge in [0.1, 0.15) is 0 Å². The molecular formula is C8H20Li2O. The Labute approximate surface area is 90.4 Å². The van der Waals surface area contributed by atoms with Crippen LogP contribution in [0.15, 0.2) is 0 Å². The molecule has 0 saturated carbocycles. The van der Waals surface area contributed by atoms with Gasteiger partial charge in [0.05, 0.1) is 0 Å². The molecule has 0 fully saturated rings. The molecule has 11 heavy (non-hydrogen) atoms. The van der Waals surface area contributed by atoms with E-state index in [0.717, 1.165) is 11.8 Å². The van der Waals surface area contributed by atoms with Gasteiger partial charge in [-0.1, -0.05) is 0 Å². The summed E-state index contributed by atoms with van der Waals surface area (Å²) in [5, 5.41) is 2.61. The SMILES string of the molecule is O.[Li][CH2]C(C)C.[Li][CH2]C(C)C. The molecule has 3 heteroatoms. The number of rotatable bonds is 2. The summed E-state index contributed by atoms with van der Waals surface area (Å²) in [7, 11) is 0. The van der Waals surface area contributed by atoms with E-state index in [1.165, 1.54) is 10.2 Å². The molecule has 0 heterocycles. The maximum absolute atomic E-state index is 2.22. The first-order chi connectivity index (χ1) is 4.54. The van der Waals surface area contributed by atoms with Crippen molar-refractivity contribution in [3.63, 3.8) is 0 Å². The predicted molar refractivity (Wildman–Crippen MR) is 54.4 cm³/mol. The normalized spacial score (nSPS) is 8.91. The minimum atomic E-state index is 0. The van der Waals surface area contributed by atoms with E-state index in [-0.39, 0.29) is 5.48 Å². The van der Waals surface area contributed by atoms with Gasteiger partial charge in [0, 0.05) is 0 Å². The van der Waals surface area contributed by atoms with Crippen LogP contribution in [0.25, 0.3) is 0 Å². The van der Waals surface area contributed by atoms with E-state index in [9.17, 15) is 0 Å². The average molecular weight is 146 g/mol. The molecule has 1 nitrogen and oxygen atoms in total. The van der Waals surface area contributed by atoms with Crippen molar-refractivity contribution >= 4 is 35.4 Å². The Bertz CT molecular complexity index is 48.1. The molecule has 0 unspecified atom stereocenters. The quantitative estimate of drug-likeness (QED) is 0.530. The van der Waals surface area contributed by atoms with Crippen LogP contribution < -0.4 is 0 Å². The van der Waals surface area contributed by atoms with Gasteiger partial charge in [-0.3, -0.25) is 0 Å². The molecule has 60 valence electrons. The van der Waals surface area contributed by atoms with Crippen molar-refractivity contribution in [3.05, 3.63) is 0 Å². The third-order valence-corrected chi connectivity index (χ3v) is 1.63. The van der Waals surface area contributed by atoms with Crippen molar-refractivity contribution in [2.24, 2.45) is 11.8 Å². The third-order valence-electron chi connectivity index (χ3n) is 1.63. The summed E-state index contributed by atoms with van der Waals surface area (Å²) in [6, 6.07) is 0. The first-order valence-electron chi connectivity index (χ1n) is 4.54. The third kappa shape index (κ3) is 35.2. The Balaban J connectivity index is -0.000000107. The molecule has 0 bridgehead atoms. The molecule has 0 aliphatic rings. The summed E-state index contributed by atoms with van der Waals surface area (Å²) in [6.45, 7) is 8.89. The van der Waals surface area contributed by atoms with Crippen molar-refractivity contribution in [3.8, 4) is 0 Å². The predicted octanol–water partition coefficient (Wildman–Crippen LogP) is 1.63. The van der Waals surface area contributed by atoms with Gasteiger partial charge >= 0.3 is 85.1 Å². The molecule has 0 saturated heterocycles. The van der Waals surface area contributed by atoms with Crippen molar-refractivity contribution < 1.29 is 5.48 Å². The van der Waals surface area contributed by atoms with E-state index >= 15 is 0 Å². The van der Waals surface area contributed by atoms with E-state index in [4.69, 9.17) is 0 Å². The Hall–Kier alpha value is 1.15. The molecular weight excluding hydrogens is 126 g/mol. The first kappa shape index (κ1) is 18.0. The van der Waals surface area contributed by atoms with Gasteiger partial charge in [-0.15, -0.1) is 0 Å². The van der Waals surface area contributed by atoms with Crippen LogP contribution in [0.1, 0.15) is 27.7 Å². The van der Waals surface area contributed by atoms with Gasteiger partial charge < -0.3 is 5.48 Å².